The zero-order valence-electron chi connectivity index (χ0n) is 7.20. The van der Waals surface area contributed by atoms with Gasteiger partial charge in [0.2, 0.25) is 0 Å². The molecule has 0 saturated heterocycles. The number of ether oxygens (including phenoxy) is 1. The summed E-state index contributed by atoms with van der Waals surface area (Å²) >= 11 is 0. The molecule has 1 heterocycles. The second-order valence-electron chi connectivity index (χ2n) is 2.38. The molecule has 14 heavy (non-hydrogen) atoms. The van der Waals surface area contributed by atoms with Crippen LogP contribution in [0.1, 0.15) is 22.5 Å². The monoisotopic (exact) mass is 203 g/mol. The maximum absolute atomic E-state index is 12.2. The maximum Gasteiger partial charge on any atom is 0.341 e. The average molecular weight is 203 g/mol. The normalized spacial score (nSPS) is 10.3. The van der Waals surface area contributed by atoms with Crippen molar-refractivity contribution in [2.75, 3.05) is 7.11 Å². The number of carbonyl (C=O) groups excluding carboxylic acids is 1. The van der Waals surface area contributed by atoms with Crippen molar-refractivity contribution in [1.82, 2.24) is 4.98 Å². The number of halogens is 2. The number of aromatic nitrogens is 1. The number of methoxy groups -OCH3 is 1. The maximum atomic E-state index is 12.2. The van der Waals surface area contributed by atoms with E-state index < -0.39 is 23.8 Å². The molecule has 4 nitrogen and oxygen atoms in total. The van der Waals surface area contributed by atoms with E-state index in [1.165, 1.54) is 0 Å². The van der Waals surface area contributed by atoms with Gasteiger partial charge in [0.1, 0.15) is 11.3 Å². The first kappa shape index (κ1) is 10.4. The van der Waals surface area contributed by atoms with E-state index in [0.717, 1.165) is 19.4 Å². The van der Waals surface area contributed by atoms with Crippen molar-refractivity contribution < 1.29 is 23.4 Å². The lowest BCUT2D eigenvalue weighted by atomic mass is 10.2. The Morgan fingerprint density at radius 1 is 1.64 bits per heavy atom. The molecule has 76 valence electrons. The zero-order chi connectivity index (χ0) is 10.7. The second kappa shape index (κ2) is 3.99. The van der Waals surface area contributed by atoms with Crippen molar-refractivity contribution in [2.24, 2.45) is 0 Å². The van der Waals surface area contributed by atoms with E-state index in [0.29, 0.717) is 0 Å². The van der Waals surface area contributed by atoms with Crippen molar-refractivity contribution >= 4 is 5.97 Å². The van der Waals surface area contributed by atoms with Crippen LogP contribution in [0.4, 0.5) is 8.78 Å². The summed E-state index contributed by atoms with van der Waals surface area (Å²) in [5.74, 6) is -1.72. The van der Waals surface area contributed by atoms with Crippen LogP contribution >= 0.6 is 0 Å². The van der Waals surface area contributed by atoms with Gasteiger partial charge in [-0.05, 0) is 6.07 Å². The van der Waals surface area contributed by atoms with Crippen LogP contribution in [0.5, 0.6) is 5.75 Å². The van der Waals surface area contributed by atoms with Crippen LogP contribution in [0.3, 0.4) is 0 Å². The molecular formula is C8H7F2NO3. The minimum atomic E-state index is -2.93. The molecule has 0 unspecified atom stereocenters. The first-order valence-corrected chi connectivity index (χ1v) is 3.62. The Morgan fingerprint density at radius 2 is 2.29 bits per heavy atom. The van der Waals surface area contributed by atoms with Gasteiger partial charge in [0, 0.05) is 6.20 Å². The molecule has 1 N–H and O–H groups in total. The van der Waals surface area contributed by atoms with Crippen LogP contribution in [-0.4, -0.2) is 23.2 Å². The third kappa shape index (κ3) is 1.78. The van der Waals surface area contributed by atoms with Crippen LogP contribution in [-0.2, 0) is 4.74 Å². The Labute approximate surface area is 78.1 Å². The number of esters is 1. The molecule has 0 fully saturated rings. The van der Waals surface area contributed by atoms with Gasteiger partial charge >= 0.3 is 5.97 Å². The number of aromatic hydroxyl groups is 1. The first-order chi connectivity index (χ1) is 6.57. The number of carbonyl (C=O) groups is 1. The molecule has 6 heteroatoms. The summed E-state index contributed by atoms with van der Waals surface area (Å²) in [6.45, 7) is 0. The van der Waals surface area contributed by atoms with E-state index in [9.17, 15) is 18.7 Å². The third-order valence-electron chi connectivity index (χ3n) is 1.56. The molecule has 1 aromatic rings. The van der Waals surface area contributed by atoms with Gasteiger partial charge < -0.3 is 9.84 Å². The summed E-state index contributed by atoms with van der Waals surface area (Å²) in [5.41, 5.74) is -1.15. The van der Waals surface area contributed by atoms with Gasteiger partial charge in [0.15, 0.2) is 5.75 Å². The zero-order valence-corrected chi connectivity index (χ0v) is 7.20. The standard InChI is InChI=1S/C8H7F2NO3/c1-14-8(13)4-2-3-11-5(6(4)12)7(9)10/h2-3,7,12H,1H3. The fraction of sp³-hybridized carbons (Fsp3) is 0.250. The number of rotatable bonds is 2. The molecule has 0 spiro atoms. The van der Waals surface area contributed by atoms with Crippen LogP contribution in [0.25, 0.3) is 0 Å². The summed E-state index contributed by atoms with van der Waals surface area (Å²) in [6.07, 6.45) is -1.92. The molecular weight excluding hydrogens is 196 g/mol. The number of alkyl halides is 2. The van der Waals surface area contributed by atoms with E-state index in [1.54, 1.807) is 0 Å². The first-order valence-electron chi connectivity index (χ1n) is 3.62. The summed E-state index contributed by atoms with van der Waals surface area (Å²) < 4.78 is 28.7. The molecule has 0 saturated carbocycles. The highest BCUT2D eigenvalue weighted by Gasteiger charge is 2.21. The van der Waals surface area contributed by atoms with Gasteiger partial charge in [-0.1, -0.05) is 0 Å². The van der Waals surface area contributed by atoms with Crippen molar-refractivity contribution in [2.45, 2.75) is 6.43 Å². The topological polar surface area (TPSA) is 59.4 Å². The Hall–Kier alpha value is -1.72. The molecule has 1 rings (SSSR count). The van der Waals surface area contributed by atoms with Crippen molar-refractivity contribution in [3.05, 3.63) is 23.5 Å². The van der Waals surface area contributed by atoms with E-state index in [2.05, 4.69) is 9.72 Å². The van der Waals surface area contributed by atoms with Gasteiger partial charge in [-0.3, -0.25) is 4.98 Å². The minimum absolute atomic E-state index is 0.321. The van der Waals surface area contributed by atoms with Crippen LogP contribution in [0.15, 0.2) is 12.3 Å². The predicted molar refractivity (Wildman–Crippen MR) is 42.2 cm³/mol. The van der Waals surface area contributed by atoms with E-state index in [4.69, 9.17) is 0 Å². The molecule has 1 aromatic heterocycles. The summed E-state index contributed by atoms with van der Waals surface area (Å²) in [6, 6.07) is 1.10. The second-order valence-corrected chi connectivity index (χ2v) is 2.38. The number of hydrogen-bond acceptors (Lipinski definition) is 4. The molecule has 0 aromatic carbocycles. The summed E-state index contributed by atoms with van der Waals surface area (Å²) in [5, 5.41) is 9.22. The quantitative estimate of drug-likeness (QED) is 0.740. The van der Waals surface area contributed by atoms with Crippen molar-refractivity contribution in [3.63, 3.8) is 0 Å². The van der Waals surface area contributed by atoms with Crippen LogP contribution in [0, 0.1) is 0 Å². The smallest absolute Gasteiger partial charge is 0.341 e. The number of nitrogens with zero attached hydrogens (tertiary/aromatic N) is 1. The van der Waals surface area contributed by atoms with Gasteiger partial charge in [-0.2, -0.15) is 0 Å². The Morgan fingerprint density at radius 3 is 2.79 bits per heavy atom. The van der Waals surface area contributed by atoms with Crippen molar-refractivity contribution in [1.29, 1.82) is 0 Å². The molecule has 0 aliphatic carbocycles. The average Bonchev–Trinajstić information content (AvgIpc) is 2.16. The summed E-state index contributed by atoms with van der Waals surface area (Å²) in [4.78, 5) is 14.2. The fourth-order valence-electron chi connectivity index (χ4n) is 0.905. The highest BCUT2D eigenvalue weighted by atomic mass is 19.3. The van der Waals surface area contributed by atoms with Crippen molar-refractivity contribution in [3.8, 4) is 5.75 Å². The Balaban J connectivity index is 3.20. The largest absolute Gasteiger partial charge is 0.505 e. The molecule has 0 atom stereocenters. The van der Waals surface area contributed by atoms with E-state index in [-0.39, 0.29) is 5.56 Å². The minimum Gasteiger partial charge on any atom is -0.505 e. The molecule has 0 aliphatic rings. The lowest BCUT2D eigenvalue weighted by Gasteiger charge is -2.05. The lowest BCUT2D eigenvalue weighted by Crippen LogP contribution is -2.04. The van der Waals surface area contributed by atoms with Crippen LogP contribution in [0.2, 0.25) is 0 Å². The third-order valence-corrected chi connectivity index (χ3v) is 1.56. The van der Waals surface area contributed by atoms with Gasteiger partial charge in [0.25, 0.3) is 6.43 Å². The highest BCUT2D eigenvalue weighted by molar-refractivity contribution is 5.92. The molecule has 0 bridgehead atoms. The fourth-order valence-corrected chi connectivity index (χ4v) is 0.905. The van der Waals surface area contributed by atoms with E-state index >= 15 is 0 Å². The van der Waals surface area contributed by atoms with Gasteiger partial charge in [0.05, 0.1) is 7.11 Å². The SMILES string of the molecule is COC(=O)c1ccnc(C(F)F)c1O. The molecule has 0 amide bonds. The van der Waals surface area contributed by atoms with E-state index in [1.807, 2.05) is 0 Å². The highest BCUT2D eigenvalue weighted by Crippen LogP contribution is 2.28. The van der Waals surface area contributed by atoms with Gasteiger partial charge in [-0.25, -0.2) is 13.6 Å². The van der Waals surface area contributed by atoms with Gasteiger partial charge in [-0.15, -0.1) is 0 Å². The molecule has 0 radical (unpaired) electrons. The van der Waals surface area contributed by atoms with Crippen LogP contribution < -0.4 is 0 Å². The summed E-state index contributed by atoms with van der Waals surface area (Å²) in [7, 11) is 1.09. The number of hydrogen-bond donors (Lipinski definition) is 1. The number of pyridine rings is 1. The molecule has 0 aliphatic heterocycles. The predicted octanol–water partition coefficient (Wildman–Crippen LogP) is 1.51. The Kier molecular flexibility index (Phi) is 2.95. The lowest BCUT2D eigenvalue weighted by molar-refractivity contribution is 0.0596. The Bertz CT molecular complexity index is 354.